The van der Waals surface area contributed by atoms with E-state index in [1.54, 1.807) is 6.07 Å². The fourth-order valence-corrected chi connectivity index (χ4v) is 3.23. The second kappa shape index (κ2) is 11.5. The molecule has 0 aromatic heterocycles. The van der Waals surface area contributed by atoms with E-state index >= 15 is 0 Å². The smallest absolute Gasteiger partial charge is 0.146 e. The van der Waals surface area contributed by atoms with E-state index in [0.29, 0.717) is 12.2 Å². The van der Waals surface area contributed by atoms with Gasteiger partial charge in [-0.2, -0.15) is 0 Å². The quantitative estimate of drug-likeness (QED) is 0.754. The molecule has 7 heteroatoms. The van der Waals surface area contributed by atoms with Crippen LogP contribution >= 0.6 is 24.8 Å². The van der Waals surface area contributed by atoms with Gasteiger partial charge < -0.3 is 14.7 Å². The van der Waals surface area contributed by atoms with Crippen molar-refractivity contribution in [3.05, 3.63) is 59.4 Å². The average molecular weight is 431 g/mol. The molecule has 28 heavy (non-hydrogen) atoms. The van der Waals surface area contributed by atoms with Gasteiger partial charge in [0.2, 0.25) is 0 Å². The maximum Gasteiger partial charge on any atom is 0.146 e. The van der Waals surface area contributed by atoms with Crippen LogP contribution in [-0.2, 0) is 0 Å². The minimum absolute atomic E-state index is 0. The molecule has 0 saturated carbocycles. The first-order valence-corrected chi connectivity index (χ1v) is 9.13. The maximum atomic E-state index is 13.9. The summed E-state index contributed by atoms with van der Waals surface area (Å²) in [5.41, 5.74) is 3.07. The number of hydrogen-bond donors (Lipinski definition) is 1. The Kier molecular flexibility index (Phi) is 10.0. The second-order valence-electron chi connectivity index (χ2n) is 6.95. The molecule has 0 aliphatic carbocycles. The molecule has 0 radical (unpaired) electrons. The molecule has 1 heterocycles. The van der Waals surface area contributed by atoms with Crippen LogP contribution in [-0.4, -0.2) is 55.4 Å². The van der Waals surface area contributed by atoms with E-state index in [1.807, 2.05) is 37.3 Å². The Morgan fingerprint density at radius 1 is 1.00 bits per heavy atom. The normalized spacial score (nSPS) is 15.4. The van der Waals surface area contributed by atoms with E-state index in [0.717, 1.165) is 31.9 Å². The van der Waals surface area contributed by atoms with Crippen molar-refractivity contribution in [1.29, 1.82) is 0 Å². The molecule has 1 N–H and O–H groups in total. The number of rotatable bonds is 6. The Labute approximate surface area is 179 Å². The first-order chi connectivity index (χ1) is 12.5. The standard InChI is InChI=1S/C21H27FN2O2.2ClH/c1-16-7-8-19(13-17(16)2)26-15-18(25)14-23-9-11-24(12-10-23)21-6-4-3-5-20(21)22;;/h3-8,13,18,25H,9-12,14-15H2,1-2H3;2*1H. The summed E-state index contributed by atoms with van der Waals surface area (Å²) in [7, 11) is 0. The van der Waals surface area contributed by atoms with Gasteiger partial charge in [0.15, 0.2) is 0 Å². The predicted molar refractivity (Wildman–Crippen MR) is 117 cm³/mol. The van der Waals surface area contributed by atoms with Crippen LogP contribution in [0.2, 0.25) is 0 Å². The molecule has 1 aliphatic heterocycles. The second-order valence-corrected chi connectivity index (χ2v) is 6.95. The molecule has 0 amide bonds. The Balaban J connectivity index is 0.00000196. The van der Waals surface area contributed by atoms with Crippen LogP contribution in [0.5, 0.6) is 5.75 Å². The summed E-state index contributed by atoms with van der Waals surface area (Å²) in [6.45, 7) is 8.07. The highest BCUT2D eigenvalue weighted by molar-refractivity contribution is 5.85. The van der Waals surface area contributed by atoms with Gasteiger partial charge >= 0.3 is 0 Å². The van der Waals surface area contributed by atoms with Gasteiger partial charge in [0, 0.05) is 32.7 Å². The monoisotopic (exact) mass is 430 g/mol. The highest BCUT2D eigenvalue weighted by atomic mass is 35.5. The third-order valence-electron chi connectivity index (χ3n) is 4.96. The van der Waals surface area contributed by atoms with Crippen molar-refractivity contribution in [1.82, 2.24) is 4.90 Å². The number of hydrogen-bond acceptors (Lipinski definition) is 4. The molecule has 1 aliphatic rings. The Morgan fingerprint density at radius 3 is 2.32 bits per heavy atom. The third kappa shape index (κ3) is 6.52. The molecular formula is C21H29Cl2FN2O2. The van der Waals surface area contributed by atoms with E-state index in [4.69, 9.17) is 4.74 Å². The van der Waals surface area contributed by atoms with E-state index in [9.17, 15) is 9.50 Å². The highest BCUT2D eigenvalue weighted by Gasteiger charge is 2.21. The minimum Gasteiger partial charge on any atom is -0.491 e. The number of ether oxygens (including phenoxy) is 1. The SMILES string of the molecule is Cc1ccc(OCC(O)CN2CCN(c3ccccc3F)CC2)cc1C.Cl.Cl. The summed E-state index contributed by atoms with van der Waals surface area (Å²) in [5, 5.41) is 10.3. The lowest BCUT2D eigenvalue weighted by atomic mass is 10.1. The van der Waals surface area contributed by atoms with Crippen molar-refractivity contribution in [2.75, 3.05) is 44.2 Å². The molecule has 4 nitrogen and oxygen atoms in total. The van der Waals surface area contributed by atoms with Crippen LogP contribution in [0.25, 0.3) is 0 Å². The molecule has 156 valence electrons. The lowest BCUT2D eigenvalue weighted by Gasteiger charge is -2.36. The lowest BCUT2D eigenvalue weighted by Crippen LogP contribution is -2.49. The fourth-order valence-electron chi connectivity index (χ4n) is 3.23. The summed E-state index contributed by atoms with van der Waals surface area (Å²) < 4.78 is 19.6. The van der Waals surface area contributed by atoms with Crippen LogP contribution < -0.4 is 9.64 Å². The Morgan fingerprint density at radius 2 is 1.68 bits per heavy atom. The number of β-amino-alcohol motifs (C(OH)–C–C–N with tert-alkyl or cyclic N) is 1. The molecule has 2 aromatic rings. The number of para-hydroxylation sites is 1. The third-order valence-corrected chi connectivity index (χ3v) is 4.96. The zero-order valence-corrected chi connectivity index (χ0v) is 17.9. The zero-order valence-electron chi connectivity index (χ0n) is 16.3. The van der Waals surface area contributed by atoms with Crippen LogP contribution in [0.15, 0.2) is 42.5 Å². The van der Waals surface area contributed by atoms with Crippen molar-refractivity contribution in [2.24, 2.45) is 0 Å². The van der Waals surface area contributed by atoms with Gasteiger partial charge in [0.25, 0.3) is 0 Å². The van der Waals surface area contributed by atoms with Crippen LogP contribution in [0.1, 0.15) is 11.1 Å². The molecule has 3 rings (SSSR count). The van der Waals surface area contributed by atoms with Gasteiger partial charge in [-0.15, -0.1) is 24.8 Å². The Bertz CT molecular complexity index is 740. The van der Waals surface area contributed by atoms with Crippen LogP contribution in [0, 0.1) is 19.7 Å². The lowest BCUT2D eigenvalue weighted by molar-refractivity contribution is 0.0662. The number of aryl methyl sites for hydroxylation is 2. The molecule has 1 unspecified atom stereocenters. The minimum atomic E-state index is -0.545. The number of piperazine rings is 1. The zero-order chi connectivity index (χ0) is 18.5. The van der Waals surface area contributed by atoms with Crippen LogP contribution in [0.4, 0.5) is 10.1 Å². The number of halogens is 3. The van der Waals surface area contributed by atoms with Gasteiger partial charge in [-0.05, 0) is 49.2 Å². The van der Waals surface area contributed by atoms with E-state index in [-0.39, 0.29) is 37.2 Å². The van der Waals surface area contributed by atoms with Crippen molar-refractivity contribution in [3.63, 3.8) is 0 Å². The predicted octanol–water partition coefficient (Wildman–Crippen LogP) is 3.85. The molecular weight excluding hydrogens is 402 g/mol. The number of nitrogens with zero attached hydrogens (tertiary/aromatic N) is 2. The maximum absolute atomic E-state index is 13.9. The van der Waals surface area contributed by atoms with Gasteiger partial charge in [0.05, 0.1) is 5.69 Å². The van der Waals surface area contributed by atoms with Gasteiger partial charge in [-0.25, -0.2) is 4.39 Å². The molecule has 0 bridgehead atoms. The molecule has 2 aromatic carbocycles. The number of aliphatic hydroxyl groups excluding tert-OH is 1. The molecule has 1 fully saturated rings. The highest BCUT2D eigenvalue weighted by Crippen LogP contribution is 2.20. The van der Waals surface area contributed by atoms with E-state index < -0.39 is 6.10 Å². The fraction of sp³-hybridized carbons (Fsp3) is 0.429. The average Bonchev–Trinajstić information content (AvgIpc) is 2.64. The molecule has 1 saturated heterocycles. The summed E-state index contributed by atoms with van der Waals surface area (Å²) in [4.78, 5) is 4.26. The number of aliphatic hydroxyl groups is 1. The number of benzene rings is 2. The van der Waals surface area contributed by atoms with E-state index in [2.05, 4.69) is 16.7 Å². The Hall–Kier alpha value is -1.53. The van der Waals surface area contributed by atoms with Gasteiger partial charge in [0.1, 0.15) is 24.3 Å². The van der Waals surface area contributed by atoms with Gasteiger partial charge in [-0.1, -0.05) is 18.2 Å². The molecule has 0 spiro atoms. The summed E-state index contributed by atoms with van der Waals surface area (Å²) in [5.74, 6) is 0.610. The first-order valence-electron chi connectivity index (χ1n) is 9.13. The van der Waals surface area contributed by atoms with Gasteiger partial charge in [-0.3, -0.25) is 4.90 Å². The van der Waals surface area contributed by atoms with Crippen molar-refractivity contribution in [2.45, 2.75) is 20.0 Å². The van der Waals surface area contributed by atoms with Crippen molar-refractivity contribution < 1.29 is 14.2 Å². The van der Waals surface area contributed by atoms with Crippen molar-refractivity contribution in [3.8, 4) is 5.75 Å². The first kappa shape index (κ1) is 24.5. The number of anilines is 1. The summed E-state index contributed by atoms with van der Waals surface area (Å²) in [6, 6.07) is 12.8. The van der Waals surface area contributed by atoms with Crippen LogP contribution in [0.3, 0.4) is 0 Å². The summed E-state index contributed by atoms with van der Waals surface area (Å²) >= 11 is 0. The molecule has 1 atom stereocenters. The summed E-state index contributed by atoms with van der Waals surface area (Å²) in [6.07, 6.45) is -0.545. The largest absolute Gasteiger partial charge is 0.491 e. The van der Waals surface area contributed by atoms with E-state index in [1.165, 1.54) is 17.2 Å². The topological polar surface area (TPSA) is 35.9 Å². The van der Waals surface area contributed by atoms with Crippen molar-refractivity contribution >= 4 is 30.5 Å².